The second-order valence-corrected chi connectivity index (χ2v) is 10.6. The van der Waals surface area contributed by atoms with Gasteiger partial charge in [0, 0.05) is 13.0 Å². The molecule has 2 heterocycles. The van der Waals surface area contributed by atoms with E-state index in [1.54, 1.807) is 12.1 Å². The predicted molar refractivity (Wildman–Crippen MR) is 116 cm³/mol. The molecule has 0 saturated carbocycles. The van der Waals surface area contributed by atoms with Gasteiger partial charge in [-0.15, -0.1) is 0 Å². The largest absolute Gasteiger partial charge is 0.280 e. The van der Waals surface area contributed by atoms with Crippen molar-refractivity contribution >= 4 is 54.3 Å². The molecule has 0 aliphatic carbocycles. The Hall–Kier alpha value is -2.57. The van der Waals surface area contributed by atoms with E-state index < -0.39 is 20.0 Å². The molecule has 1 aromatic heterocycles. The summed E-state index contributed by atoms with van der Waals surface area (Å²) in [5.74, 6) is 0.432. The van der Waals surface area contributed by atoms with E-state index >= 15 is 0 Å². The molecule has 0 radical (unpaired) electrons. The van der Waals surface area contributed by atoms with Crippen molar-refractivity contribution in [1.82, 2.24) is 13.5 Å². The lowest BCUT2D eigenvalue weighted by Gasteiger charge is -2.12. The Morgan fingerprint density at radius 1 is 0.867 bits per heavy atom. The summed E-state index contributed by atoms with van der Waals surface area (Å²) in [4.78, 5) is 4.21. The van der Waals surface area contributed by atoms with Gasteiger partial charge < -0.3 is 0 Å². The molecular weight excluding hydrogens is 446 g/mol. The quantitative estimate of drug-likeness (QED) is 0.596. The molecular formula is C18H19N5O4S3. The van der Waals surface area contributed by atoms with Gasteiger partial charge in [-0.05, 0) is 43.2 Å². The van der Waals surface area contributed by atoms with Crippen LogP contribution in [-0.4, -0.2) is 38.0 Å². The summed E-state index contributed by atoms with van der Waals surface area (Å²) >= 11 is 0.922. The normalized spacial score (nSPS) is 15.4. The van der Waals surface area contributed by atoms with E-state index in [1.807, 2.05) is 0 Å². The summed E-state index contributed by atoms with van der Waals surface area (Å²) in [6.07, 6.45) is 3.38. The van der Waals surface area contributed by atoms with Gasteiger partial charge in [0.1, 0.15) is 21.8 Å². The zero-order chi connectivity index (χ0) is 21.2. The van der Waals surface area contributed by atoms with E-state index in [0.717, 1.165) is 31.0 Å². The monoisotopic (exact) mass is 465 g/mol. The average Bonchev–Trinajstić information content (AvgIpc) is 3.05. The van der Waals surface area contributed by atoms with Gasteiger partial charge in [0.25, 0.3) is 20.0 Å². The summed E-state index contributed by atoms with van der Waals surface area (Å²) in [7, 11) is -7.87. The lowest BCUT2D eigenvalue weighted by atomic mass is 10.2. The molecule has 0 bridgehead atoms. The van der Waals surface area contributed by atoms with E-state index in [0.29, 0.717) is 24.3 Å². The van der Waals surface area contributed by atoms with Crippen LogP contribution in [0.5, 0.6) is 0 Å². The van der Waals surface area contributed by atoms with E-state index in [1.165, 1.54) is 30.3 Å². The van der Waals surface area contributed by atoms with Gasteiger partial charge in [-0.3, -0.25) is 14.4 Å². The van der Waals surface area contributed by atoms with Crippen molar-refractivity contribution in [3.63, 3.8) is 0 Å². The third-order valence-corrected chi connectivity index (χ3v) is 7.90. The maximum atomic E-state index is 12.9. The van der Waals surface area contributed by atoms with Gasteiger partial charge in [0.2, 0.25) is 0 Å². The van der Waals surface area contributed by atoms with Gasteiger partial charge in [-0.1, -0.05) is 18.6 Å². The van der Waals surface area contributed by atoms with Crippen molar-refractivity contribution < 1.29 is 16.8 Å². The number of hydrogen-bond donors (Lipinski definition) is 2. The lowest BCUT2D eigenvalue weighted by Crippen LogP contribution is -2.30. The number of amidine groups is 1. The number of aromatic nitrogens is 2. The maximum Gasteiger partial charge on any atom is 0.264 e. The Morgan fingerprint density at radius 2 is 1.70 bits per heavy atom. The summed E-state index contributed by atoms with van der Waals surface area (Å²) in [5.41, 5.74) is 0.875. The molecule has 0 saturated heterocycles. The maximum absolute atomic E-state index is 12.9. The number of rotatable bonds is 5. The van der Waals surface area contributed by atoms with Gasteiger partial charge in [-0.25, -0.2) is 16.8 Å². The first-order chi connectivity index (χ1) is 14.4. The van der Waals surface area contributed by atoms with Crippen molar-refractivity contribution in [2.75, 3.05) is 11.3 Å². The molecule has 1 aliphatic heterocycles. The van der Waals surface area contributed by atoms with Crippen LogP contribution in [0, 0.1) is 0 Å². The third kappa shape index (κ3) is 4.45. The number of anilines is 1. The Kier molecular flexibility index (Phi) is 5.71. The number of sulfonamides is 2. The van der Waals surface area contributed by atoms with Crippen LogP contribution in [-0.2, 0) is 20.0 Å². The second kappa shape index (κ2) is 8.28. The van der Waals surface area contributed by atoms with Crippen LogP contribution in [0.1, 0.15) is 25.7 Å². The molecule has 3 aromatic rings. The second-order valence-electron chi connectivity index (χ2n) is 6.77. The molecule has 0 unspecified atom stereocenters. The Morgan fingerprint density at radius 3 is 2.57 bits per heavy atom. The van der Waals surface area contributed by atoms with Gasteiger partial charge in [0.15, 0.2) is 0 Å². The smallest absolute Gasteiger partial charge is 0.264 e. The molecule has 1 aliphatic rings. The van der Waals surface area contributed by atoms with Crippen LogP contribution in [0.3, 0.4) is 0 Å². The van der Waals surface area contributed by atoms with Crippen molar-refractivity contribution in [3.05, 3.63) is 42.5 Å². The Labute approximate surface area is 178 Å². The number of benzene rings is 2. The molecule has 2 aromatic carbocycles. The van der Waals surface area contributed by atoms with Crippen LogP contribution in [0.4, 0.5) is 5.69 Å². The van der Waals surface area contributed by atoms with E-state index in [2.05, 4.69) is 23.2 Å². The fraction of sp³-hybridized carbons (Fsp3) is 0.278. The molecule has 0 spiro atoms. The highest BCUT2D eigenvalue weighted by atomic mass is 32.2. The molecule has 12 heteroatoms. The van der Waals surface area contributed by atoms with Crippen LogP contribution >= 0.6 is 11.7 Å². The molecule has 0 atom stereocenters. The number of aliphatic imine (C=N–C) groups is 1. The molecule has 0 fully saturated rings. The number of nitrogens with one attached hydrogen (secondary N) is 2. The summed E-state index contributed by atoms with van der Waals surface area (Å²) in [5, 5.41) is 0. The predicted octanol–water partition coefficient (Wildman–Crippen LogP) is 2.74. The summed E-state index contributed by atoms with van der Waals surface area (Å²) in [6.45, 7) is 0.592. The minimum absolute atomic E-state index is 0.0204. The zero-order valence-corrected chi connectivity index (χ0v) is 18.2. The highest BCUT2D eigenvalue weighted by Crippen LogP contribution is 2.24. The van der Waals surface area contributed by atoms with Crippen molar-refractivity contribution in [1.29, 1.82) is 0 Å². The molecule has 158 valence electrons. The van der Waals surface area contributed by atoms with Crippen LogP contribution in [0.2, 0.25) is 0 Å². The fourth-order valence-electron chi connectivity index (χ4n) is 3.11. The lowest BCUT2D eigenvalue weighted by molar-refractivity contribution is 0.591. The first kappa shape index (κ1) is 20.7. The summed E-state index contributed by atoms with van der Waals surface area (Å²) < 4.78 is 64.3. The van der Waals surface area contributed by atoms with Gasteiger partial charge >= 0.3 is 0 Å². The number of hydrogen-bond acceptors (Lipinski definition) is 8. The topological polar surface area (TPSA) is 130 Å². The SMILES string of the molecule is O=S(=O)(NC1=NCCCCC1)c1cccc(NS(=O)(=O)c2cccc3nsnc23)c1. The van der Waals surface area contributed by atoms with Crippen LogP contribution in [0.25, 0.3) is 11.0 Å². The van der Waals surface area contributed by atoms with E-state index in [-0.39, 0.29) is 21.0 Å². The van der Waals surface area contributed by atoms with Gasteiger partial charge in [0.05, 0.1) is 22.3 Å². The average molecular weight is 466 g/mol. The molecule has 0 amide bonds. The minimum Gasteiger partial charge on any atom is -0.280 e. The van der Waals surface area contributed by atoms with Crippen molar-refractivity contribution in [2.45, 2.75) is 35.5 Å². The van der Waals surface area contributed by atoms with E-state index in [9.17, 15) is 16.8 Å². The molecule has 2 N–H and O–H groups in total. The van der Waals surface area contributed by atoms with Crippen molar-refractivity contribution in [2.24, 2.45) is 4.99 Å². The minimum atomic E-state index is -3.99. The molecule has 4 rings (SSSR count). The Balaban J connectivity index is 1.60. The third-order valence-electron chi connectivity index (χ3n) is 4.56. The number of nitrogens with zero attached hydrogens (tertiary/aromatic N) is 3. The standard InChI is InChI=1S/C18H19N5O4S3/c24-29(25,23-17-10-2-1-3-11-19-17)14-7-4-6-13(12-14)22-30(26,27)16-9-5-8-15-18(16)21-28-20-15/h4-9,12,22H,1-3,10-11H2,(H,19,23). The summed E-state index contributed by atoms with van der Waals surface area (Å²) in [6, 6.07) is 10.3. The van der Waals surface area contributed by atoms with Gasteiger partial charge in [-0.2, -0.15) is 8.75 Å². The highest BCUT2D eigenvalue weighted by molar-refractivity contribution is 7.93. The first-order valence-corrected chi connectivity index (χ1v) is 13.0. The van der Waals surface area contributed by atoms with Crippen molar-refractivity contribution in [3.8, 4) is 0 Å². The van der Waals surface area contributed by atoms with Crippen LogP contribution in [0.15, 0.2) is 57.2 Å². The molecule has 9 nitrogen and oxygen atoms in total. The fourth-order valence-corrected chi connectivity index (χ4v) is 6.06. The number of fused-ring (bicyclic) bond motifs is 1. The Bertz CT molecular complexity index is 1320. The molecule has 30 heavy (non-hydrogen) atoms. The zero-order valence-electron chi connectivity index (χ0n) is 15.8. The van der Waals surface area contributed by atoms with Crippen LogP contribution < -0.4 is 9.44 Å². The first-order valence-electron chi connectivity index (χ1n) is 9.25. The highest BCUT2D eigenvalue weighted by Gasteiger charge is 2.22. The van der Waals surface area contributed by atoms with E-state index in [4.69, 9.17) is 0 Å².